The van der Waals surface area contributed by atoms with Crippen LogP contribution in [0.5, 0.6) is 0 Å². The molecule has 1 amide bonds. The highest BCUT2D eigenvalue weighted by molar-refractivity contribution is 5.99. The molecule has 1 aromatic carbocycles. The number of hydrogen-bond acceptors (Lipinski definition) is 3. The summed E-state index contributed by atoms with van der Waals surface area (Å²) < 4.78 is 13.3. The van der Waals surface area contributed by atoms with E-state index in [9.17, 15) is 9.18 Å². The second kappa shape index (κ2) is 4.92. The highest BCUT2D eigenvalue weighted by atomic mass is 19.1. The number of nitrogens with zero attached hydrogens (tertiary/aromatic N) is 2. The number of benzene rings is 1. The molecule has 1 aliphatic heterocycles. The van der Waals surface area contributed by atoms with Crippen molar-refractivity contribution in [2.75, 3.05) is 12.4 Å². The van der Waals surface area contributed by atoms with E-state index in [1.807, 2.05) is 24.3 Å². The van der Waals surface area contributed by atoms with Gasteiger partial charge in [-0.25, -0.2) is 9.37 Å². The molecular formula is C15H14FN3O. The van der Waals surface area contributed by atoms with Crippen molar-refractivity contribution < 1.29 is 9.18 Å². The Morgan fingerprint density at radius 3 is 2.55 bits per heavy atom. The summed E-state index contributed by atoms with van der Waals surface area (Å²) in [6, 6.07) is 9.14. The van der Waals surface area contributed by atoms with Gasteiger partial charge in [0.25, 0.3) is 5.91 Å². The maximum atomic E-state index is 13.3. The molecule has 0 unspecified atom stereocenters. The molecule has 2 heterocycles. The molecule has 3 rings (SSSR count). The zero-order chi connectivity index (χ0) is 14.1. The second-order valence-electron chi connectivity index (χ2n) is 4.73. The Balaban J connectivity index is 1.90. The van der Waals surface area contributed by atoms with Crippen molar-refractivity contribution >= 4 is 11.7 Å². The number of pyridine rings is 1. The molecule has 1 aliphatic rings. The van der Waals surface area contributed by atoms with Gasteiger partial charge in [-0.1, -0.05) is 24.3 Å². The van der Waals surface area contributed by atoms with E-state index in [1.54, 1.807) is 11.9 Å². The van der Waals surface area contributed by atoms with Gasteiger partial charge in [-0.15, -0.1) is 0 Å². The first-order valence-corrected chi connectivity index (χ1v) is 6.38. The van der Waals surface area contributed by atoms with Crippen LogP contribution < -0.4 is 5.32 Å². The summed E-state index contributed by atoms with van der Waals surface area (Å²) >= 11 is 0. The molecule has 0 radical (unpaired) electrons. The molecule has 0 aliphatic carbocycles. The number of carbonyl (C=O) groups is 1. The third-order valence-electron chi connectivity index (χ3n) is 3.45. The average Bonchev–Trinajstić information content (AvgIpc) is 2.90. The molecule has 5 heteroatoms. The molecule has 4 nitrogen and oxygen atoms in total. The van der Waals surface area contributed by atoms with Crippen LogP contribution in [0.4, 0.5) is 10.2 Å². The van der Waals surface area contributed by atoms with E-state index in [4.69, 9.17) is 0 Å². The summed E-state index contributed by atoms with van der Waals surface area (Å²) in [5.41, 5.74) is 2.53. The Labute approximate surface area is 116 Å². The molecule has 0 fully saturated rings. The molecule has 0 saturated carbocycles. The fraction of sp³-hybridized carbons (Fsp3) is 0.200. The van der Waals surface area contributed by atoms with Gasteiger partial charge in [0, 0.05) is 20.1 Å². The quantitative estimate of drug-likeness (QED) is 0.912. The van der Waals surface area contributed by atoms with E-state index in [0.717, 1.165) is 17.3 Å². The van der Waals surface area contributed by atoms with E-state index in [1.165, 1.54) is 6.07 Å². The van der Waals surface area contributed by atoms with Crippen molar-refractivity contribution in [3.05, 3.63) is 59.0 Å². The van der Waals surface area contributed by atoms with Crippen molar-refractivity contribution in [2.45, 2.75) is 13.1 Å². The van der Waals surface area contributed by atoms with Crippen molar-refractivity contribution in [3.63, 3.8) is 0 Å². The summed E-state index contributed by atoms with van der Waals surface area (Å²) in [5.74, 6) is -0.325. The lowest BCUT2D eigenvalue weighted by atomic mass is 10.1. The highest BCUT2D eigenvalue weighted by Gasteiger charge is 2.26. The summed E-state index contributed by atoms with van der Waals surface area (Å²) in [5, 5.41) is 2.82. The summed E-state index contributed by atoms with van der Waals surface area (Å²) in [6.45, 7) is 1.10. The van der Waals surface area contributed by atoms with Crippen LogP contribution in [0, 0.1) is 5.82 Å². The predicted octanol–water partition coefficient (Wildman–Crippen LogP) is 2.42. The van der Waals surface area contributed by atoms with Gasteiger partial charge in [0.1, 0.15) is 11.6 Å². The van der Waals surface area contributed by atoms with E-state index < -0.39 is 5.82 Å². The lowest BCUT2D eigenvalue weighted by Crippen LogP contribution is -2.26. The van der Waals surface area contributed by atoms with Crippen LogP contribution in [0.15, 0.2) is 36.5 Å². The van der Waals surface area contributed by atoms with E-state index in [0.29, 0.717) is 18.9 Å². The van der Waals surface area contributed by atoms with Crippen LogP contribution in [0.3, 0.4) is 0 Å². The smallest absolute Gasteiger partial charge is 0.258 e. The van der Waals surface area contributed by atoms with Gasteiger partial charge in [-0.05, 0) is 17.2 Å². The number of nitrogens with one attached hydrogen (secondary N) is 1. The maximum absolute atomic E-state index is 13.3. The van der Waals surface area contributed by atoms with Crippen LogP contribution in [0.2, 0.25) is 0 Å². The number of aromatic nitrogens is 1. The van der Waals surface area contributed by atoms with Crippen molar-refractivity contribution in [3.8, 4) is 0 Å². The van der Waals surface area contributed by atoms with Gasteiger partial charge >= 0.3 is 0 Å². The molecular weight excluding hydrogens is 257 g/mol. The van der Waals surface area contributed by atoms with E-state index in [2.05, 4.69) is 10.3 Å². The van der Waals surface area contributed by atoms with Gasteiger partial charge in [-0.2, -0.15) is 0 Å². The first-order valence-electron chi connectivity index (χ1n) is 6.38. The van der Waals surface area contributed by atoms with E-state index in [-0.39, 0.29) is 11.5 Å². The maximum Gasteiger partial charge on any atom is 0.258 e. The number of halogens is 1. The number of hydrogen-bond donors (Lipinski definition) is 1. The van der Waals surface area contributed by atoms with Gasteiger partial charge in [0.2, 0.25) is 0 Å². The molecule has 0 atom stereocenters. The minimum absolute atomic E-state index is 0.211. The summed E-state index contributed by atoms with van der Waals surface area (Å²) in [6.07, 6.45) is 1.10. The van der Waals surface area contributed by atoms with Crippen molar-refractivity contribution in [1.82, 2.24) is 9.88 Å². The third kappa shape index (κ3) is 2.11. The topological polar surface area (TPSA) is 45.2 Å². The first kappa shape index (κ1) is 12.6. The summed E-state index contributed by atoms with van der Waals surface area (Å²) in [4.78, 5) is 18.1. The molecule has 102 valence electrons. The Morgan fingerprint density at radius 1 is 1.30 bits per heavy atom. The van der Waals surface area contributed by atoms with Gasteiger partial charge in [-0.3, -0.25) is 4.79 Å². The van der Waals surface area contributed by atoms with Crippen molar-refractivity contribution in [1.29, 1.82) is 0 Å². The largest absolute Gasteiger partial charge is 0.372 e. The SMILES string of the molecule is CNc1ncc(F)cc1C(=O)N1Cc2ccccc2C1. The number of carbonyl (C=O) groups excluding carboxylic acids is 1. The second-order valence-corrected chi connectivity index (χ2v) is 4.73. The highest BCUT2D eigenvalue weighted by Crippen LogP contribution is 2.25. The number of rotatable bonds is 2. The Bertz CT molecular complexity index is 647. The van der Waals surface area contributed by atoms with Crippen LogP contribution in [0.25, 0.3) is 0 Å². The molecule has 1 aromatic heterocycles. The zero-order valence-electron chi connectivity index (χ0n) is 11.1. The number of fused-ring (bicyclic) bond motifs is 1. The first-order chi connectivity index (χ1) is 9.69. The Hall–Kier alpha value is -2.43. The fourth-order valence-electron chi connectivity index (χ4n) is 2.45. The van der Waals surface area contributed by atoms with Crippen LogP contribution in [-0.2, 0) is 13.1 Å². The van der Waals surface area contributed by atoms with Crippen molar-refractivity contribution in [2.24, 2.45) is 0 Å². The molecule has 1 N–H and O–H groups in total. The Morgan fingerprint density at radius 2 is 1.95 bits per heavy atom. The Kier molecular flexibility index (Phi) is 3.10. The van der Waals surface area contributed by atoms with Gasteiger partial charge < -0.3 is 10.2 Å². The van der Waals surface area contributed by atoms with Gasteiger partial charge in [0.15, 0.2) is 0 Å². The molecule has 0 spiro atoms. The summed E-state index contributed by atoms with van der Waals surface area (Å²) in [7, 11) is 1.66. The monoisotopic (exact) mass is 271 g/mol. The molecule has 2 aromatic rings. The van der Waals surface area contributed by atoms with Gasteiger partial charge in [0.05, 0.1) is 11.8 Å². The number of amides is 1. The minimum atomic E-state index is -0.510. The third-order valence-corrected chi connectivity index (χ3v) is 3.45. The predicted molar refractivity (Wildman–Crippen MR) is 73.8 cm³/mol. The van der Waals surface area contributed by atoms with Crippen LogP contribution in [-0.4, -0.2) is 22.8 Å². The van der Waals surface area contributed by atoms with Crippen LogP contribution in [0.1, 0.15) is 21.5 Å². The zero-order valence-corrected chi connectivity index (χ0v) is 11.1. The molecule has 0 saturated heterocycles. The molecule has 20 heavy (non-hydrogen) atoms. The molecule has 0 bridgehead atoms. The lowest BCUT2D eigenvalue weighted by Gasteiger charge is -2.17. The lowest BCUT2D eigenvalue weighted by molar-refractivity contribution is 0.0751. The number of anilines is 1. The minimum Gasteiger partial charge on any atom is -0.372 e. The van der Waals surface area contributed by atoms with E-state index >= 15 is 0 Å². The normalized spacial score (nSPS) is 13.2. The fourth-order valence-corrected chi connectivity index (χ4v) is 2.45. The average molecular weight is 271 g/mol. The standard InChI is InChI=1S/C15H14FN3O/c1-17-14-13(6-12(16)7-18-14)15(20)19-8-10-4-2-3-5-11(10)9-19/h2-7H,8-9H2,1H3,(H,17,18). The van der Waals surface area contributed by atoms with Crippen LogP contribution >= 0.6 is 0 Å².